The highest BCUT2D eigenvalue weighted by molar-refractivity contribution is 5.82. The van der Waals surface area contributed by atoms with Crippen molar-refractivity contribution < 1.29 is 4.42 Å². The number of furan rings is 1. The molecule has 0 radical (unpaired) electrons. The zero-order chi connectivity index (χ0) is 18.8. The molecule has 0 amide bonds. The van der Waals surface area contributed by atoms with E-state index in [4.69, 9.17) is 4.42 Å². The average Bonchev–Trinajstić information content (AvgIpc) is 3.44. The van der Waals surface area contributed by atoms with Crippen molar-refractivity contribution in [1.82, 2.24) is 20.4 Å². The summed E-state index contributed by atoms with van der Waals surface area (Å²) in [5.74, 6) is 0. The van der Waals surface area contributed by atoms with E-state index in [-0.39, 0.29) is 0 Å². The Kier molecular flexibility index (Phi) is 4.69. The molecule has 5 nitrogen and oxygen atoms in total. The number of piperidine rings is 1. The van der Waals surface area contributed by atoms with Crippen LogP contribution in [-0.4, -0.2) is 22.4 Å². The molecule has 1 fully saturated rings. The standard InChI is InChI=1S/C23H24N4O/c1-2-6-17(7-3-1)22-21(8-4-10-24-22)25-16-19-15-20(27-12-5-11-26-27)14-18-9-13-28-23(18)19/h1-3,5-7,9,11-15,21-22,24-25H,4,8,10,16H2/t21-,22-/m0/s1. The molecule has 142 valence electrons. The summed E-state index contributed by atoms with van der Waals surface area (Å²) in [5.41, 5.74) is 4.50. The van der Waals surface area contributed by atoms with Crippen LogP contribution in [0.25, 0.3) is 16.7 Å². The first-order chi connectivity index (χ1) is 13.9. The molecule has 2 aromatic carbocycles. The monoisotopic (exact) mass is 372 g/mol. The molecule has 28 heavy (non-hydrogen) atoms. The minimum atomic E-state index is 0.330. The van der Waals surface area contributed by atoms with Gasteiger partial charge in [-0.2, -0.15) is 5.10 Å². The van der Waals surface area contributed by atoms with E-state index in [1.807, 2.05) is 23.0 Å². The number of aromatic nitrogens is 2. The Balaban J connectivity index is 1.41. The summed E-state index contributed by atoms with van der Waals surface area (Å²) in [5, 5.41) is 13.0. The van der Waals surface area contributed by atoms with Crippen LogP contribution < -0.4 is 10.6 Å². The van der Waals surface area contributed by atoms with Crippen molar-refractivity contribution in [1.29, 1.82) is 0 Å². The molecule has 2 N–H and O–H groups in total. The van der Waals surface area contributed by atoms with Gasteiger partial charge < -0.3 is 15.1 Å². The highest BCUT2D eigenvalue weighted by atomic mass is 16.3. The van der Waals surface area contributed by atoms with Crippen LogP contribution in [0.5, 0.6) is 0 Å². The summed E-state index contributed by atoms with van der Waals surface area (Å²) < 4.78 is 7.68. The Morgan fingerprint density at radius 3 is 2.93 bits per heavy atom. The van der Waals surface area contributed by atoms with Crippen molar-refractivity contribution in [3.8, 4) is 5.69 Å². The summed E-state index contributed by atoms with van der Waals surface area (Å²) in [6, 6.07) is 19.7. The molecule has 5 rings (SSSR count). The molecule has 0 saturated carbocycles. The van der Waals surface area contributed by atoms with E-state index in [1.165, 1.54) is 12.0 Å². The lowest BCUT2D eigenvalue weighted by Crippen LogP contribution is -2.45. The minimum absolute atomic E-state index is 0.330. The fourth-order valence-corrected chi connectivity index (χ4v) is 4.18. The first-order valence-electron chi connectivity index (χ1n) is 9.90. The summed E-state index contributed by atoms with van der Waals surface area (Å²) in [4.78, 5) is 0. The van der Waals surface area contributed by atoms with Crippen LogP contribution in [-0.2, 0) is 6.54 Å². The Bertz CT molecular complexity index is 1040. The molecule has 0 unspecified atom stereocenters. The van der Waals surface area contributed by atoms with Crippen molar-refractivity contribution in [2.24, 2.45) is 0 Å². The maximum absolute atomic E-state index is 5.79. The van der Waals surface area contributed by atoms with Gasteiger partial charge in [0.2, 0.25) is 0 Å². The van der Waals surface area contributed by atoms with Gasteiger partial charge >= 0.3 is 0 Å². The van der Waals surface area contributed by atoms with E-state index < -0.39 is 0 Å². The second-order valence-corrected chi connectivity index (χ2v) is 7.37. The fraction of sp³-hybridized carbons (Fsp3) is 0.261. The molecule has 1 saturated heterocycles. The smallest absolute Gasteiger partial charge is 0.138 e. The fourth-order valence-electron chi connectivity index (χ4n) is 4.18. The quantitative estimate of drug-likeness (QED) is 0.551. The van der Waals surface area contributed by atoms with Crippen molar-refractivity contribution >= 4 is 11.0 Å². The summed E-state index contributed by atoms with van der Waals surface area (Å²) >= 11 is 0. The van der Waals surface area contributed by atoms with E-state index in [0.29, 0.717) is 12.1 Å². The Morgan fingerprint density at radius 2 is 2.07 bits per heavy atom. The number of fused-ring (bicyclic) bond motifs is 1. The third-order valence-corrected chi connectivity index (χ3v) is 5.55. The minimum Gasteiger partial charge on any atom is -0.464 e. The molecule has 0 bridgehead atoms. The van der Waals surface area contributed by atoms with Crippen molar-refractivity contribution in [2.75, 3.05) is 6.54 Å². The first kappa shape index (κ1) is 17.2. The van der Waals surface area contributed by atoms with Crippen LogP contribution in [0, 0.1) is 0 Å². The van der Waals surface area contributed by atoms with Crippen LogP contribution in [0.1, 0.15) is 30.0 Å². The van der Waals surface area contributed by atoms with Crippen molar-refractivity contribution in [3.63, 3.8) is 0 Å². The lowest BCUT2D eigenvalue weighted by atomic mass is 9.92. The third-order valence-electron chi connectivity index (χ3n) is 5.55. The average molecular weight is 372 g/mol. The number of hydrogen-bond donors (Lipinski definition) is 2. The normalized spacial score (nSPS) is 19.9. The van der Waals surface area contributed by atoms with Crippen molar-refractivity contribution in [2.45, 2.75) is 31.5 Å². The zero-order valence-corrected chi connectivity index (χ0v) is 15.7. The van der Waals surface area contributed by atoms with Crippen LogP contribution in [0.4, 0.5) is 0 Å². The molecule has 4 aromatic rings. The molecular weight excluding hydrogens is 348 g/mol. The summed E-state index contributed by atoms with van der Waals surface area (Å²) in [6.07, 6.45) is 7.87. The molecule has 2 atom stereocenters. The van der Waals surface area contributed by atoms with Gasteiger partial charge in [0.15, 0.2) is 0 Å². The molecule has 5 heteroatoms. The van der Waals surface area contributed by atoms with Gasteiger partial charge in [-0.05, 0) is 49.2 Å². The van der Waals surface area contributed by atoms with Gasteiger partial charge in [0.25, 0.3) is 0 Å². The van der Waals surface area contributed by atoms with Gasteiger partial charge in [0.1, 0.15) is 5.58 Å². The Hall–Kier alpha value is -2.89. The van der Waals surface area contributed by atoms with E-state index in [2.05, 4.69) is 58.2 Å². The van der Waals surface area contributed by atoms with Crippen LogP contribution >= 0.6 is 0 Å². The summed E-state index contributed by atoms with van der Waals surface area (Å²) in [6.45, 7) is 1.82. The zero-order valence-electron chi connectivity index (χ0n) is 15.7. The van der Waals surface area contributed by atoms with Crippen molar-refractivity contribution in [3.05, 3.63) is 84.4 Å². The third kappa shape index (κ3) is 3.35. The predicted octanol–water partition coefficient (Wildman–Crippen LogP) is 4.20. The van der Waals surface area contributed by atoms with E-state index in [1.54, 1.807) is 12.5 Å². The highest BCUT2D eigenvalue weighted by Crippen LogP contribution is 2.27. The van der Waals surface area contributed by atoms with E-state index in [9.17, 15) is 0 Å². The van der Waals surface area contributed by atoms with Crippen LogP contribution in [0.3, 0.4) is 0 Å². The van der Waals surface area contributed by atoms with Gasteiger partial charge in [-0.3, -0.25) is 0 Å². The predicted molar refractivity (Wildman–Crippen MR) is 110 cm³/mol. The lowest BCUT2D eigenvalue weighted by molar-refractivity contribution is 0.304. The maximum Gasteiger partial charge on any atom is 0.138 e. The SMILES string of the molecule is c1ccc([C@@H]2NCCC[C@@H]2NCc2cc(-n3cccn3)cc3ccoc23)cc1. The Labute approximate surface area is 164 Å². The maximum atomic E-state index is 5.79. The largest absolute Gasteiger partial charge is 0.464 e. The topological polar surface area (TPSA) is 55.0 Å². The second kappa shape index (κ2) is 7.62. The number of benzene rings is 2. The molecule has 0 aliphatic carbocycles. The van der Waals surface area contributed by atoms with Gasteiger partial charge in [-0.1, -0.05) is 30.3 Å². The molecular formula is C23H24N4O. The number of nitrogens with one attached hydrogen (secondary N) is 2. The van der Waals surface area contributed by atoms with Gasteiger partial charge in [-0.15, -0.1) is 0 Å². The van der Waals surface area contributed by atoms with Gasteiger partial charge in [0.05, 0.1) is 12.0 Å². The molecule has 0 spiro atoms. The first-order valence-corrected chi connectivity index (χ1v) is 9.90. The number of rotatable bonds is 5. The summed E-state index contributed by atoms with van der Waals surface area (Å²) in [7, 11) is 0. The molecule has 2 aromatic heterocycles. The molecule has 1 aliphatic heterocycles. The molecule has 1 aliphatic rings. The van der Waals surface area contributed by atoms with E-state index in [0.717, 1.165) is 41.7 Å². The number of hydrogen-bond acceptors (Lipinski definition) is 4. The lowest BCUT2D eigenvalue weighted by Gasteiger charge is -2.34. The number of nitrogens with zero attached hydrogens (tertiary/aromatic N) is 2. The van der Waals surface area contributed by atoms with E-state index >= 15 is 0 Å². The highest BCUT2D eigenvalue weighted by Gasteiger charge is 2.25. The van der Waals surface area contributed by atoms with Crippen LogP contribution in [0.2, 0.25) is 0 Å². The van der Waals surface area contributed by atoms with Gasteiger partial charge in [-0.25, -0.2) is 4.68 Å². The van der Waals surface area contributed by atoms with Gasteiger partial charge in [0, 0.05) is 42.0 Å². The second-order valence-electron chi connectivity index (χ2n) is 7.37. The molecule has 3 heterocycles. The Morgan fingerprint density at radius 1 is 1.14 bits per heavy atom. The van der Waals surface area contributed by atoms with Crippen LogP contribution in [0.15, 0.2) is 77.7 Å².